The van der Waals surface area contributed by atoms with Crippen LogP contribution < -0.4 is 5.32 Å². The molecule has 0 bridgehead atoms. The van der Waals surface area contributed by atoms with Crippen molar-refractivity contribution in [3.63, 3.8) is 0 Å². The Hall–Kier alpha value is -2.95. The summed E-state index contributed by atoms with van der Waals surface area (Å²) in [6, 6.07) is 12.4. The quantitative estimate of drug-likeness (QED) is 0.752. The molecule has 1 aliphatic rings. The van der Waals surface area contributed by atoms with Gasteiger partial charge in [0, 0.05) is 16.8 Å². The van der Waals surface area contributed by atoms with Gasteiger partial charge >= 0.3 is 0 Å². The van der Waals surface area contributed by atoms with Crippen molar-refractivity contribution < 1.29 is 9.18 Å². The smallest absolute Gasteiger partial charge is 0.273 e. The minimum Gasteiger partial charge on any atom is -0.320 e. The molecular formula is C19H16FN3O. The highest BCUT2D eigenvalue weighted by Crippen LogP contribution is 2.33. The van der Waals surface area contributed by atoms with Gasteiger partial charge in [-0.15, -0.1) is 0 Å². The summed E-state index contributed by atoms with van der Waals surface area (Å²) < 4.78 is 13.4. The first kappa shape index (κ1) is 14.6. The molecule has 2 aromatic carbocycles. The lowest BCUT2D eigenvalue weighted by Gasteiger charge is -2.15. The normalized spacial score (nSPS) is 12.4. The molecule has 0 fully saturated rings. The summed E-state index contributed by atoms with van der Waals surface area (Å²) in [4.78, 5) is 12.6. The first-order valence-corrected chi connectivity index (χ1v) is 7.86. The van der Waals surface area contributed by atoms with Gasteiger partial charge in [0.1, 0.15) is 11.5 Å². The molecule has 4 nitrogen and oxygen atoms in total. The third kappa shape index (κ3) is 2.38. The van der Waals surface area contributed by atoms with E-state index in [9.17, 15) is 9.18 Å². The second-order valence-corrected chi connectivity index (χ2v) is 6.00. The lowest BCUT2D eigenvalue weighted by Crippen LogP contribution is -2.16. The van der Waals surface area contributed by atoms with E-state index in [4.69, 9.17) is 0 Å². The Kier molecular flexibility index (Phi) is 3.41. The van der Waals surface area contributed by atoms with Crippen LogP contribution in [0.4, 0.5) is 10.1 Å². The van der Waals surface area contributed by atoms with Crippen LogP contribution in [0, 0.1) is 12.7 Å². The SMILES string of the molecule is Cc1ccc(F)cc1NC(=O)c1[nH]nc2c1CCc1ccccc1-2. The molecule has 2 N–H and O–H groups in total. The monoisotopic (exact) mass is 321 g/mol. The van der Waals surface area contributed by atoms with Crippen LogP contribution in [0.1, 0.15) is 27.2 Å². The van der Waals surface area contributed by atoms with Crippen LogP contribution in [0.15, 0.2) is 42.5 Å². The van der Waals surface area contributed by atoms with Crippen LogP contribution in [0.5, 0.6) is 0 Å². The van der Waals surface area contributed by atoms with Crippen molar-refractivity contribution in [3.05, 3.63) is 70.7 Å². The Bertz CT molecular complexity index is 946. The van der Waals surface area contributed by atoms with Crippen LogP contribution in [0.25, 0.3) is 11.3 Å². The lowest BCUT2D eigenvalue weighted by molar-refractivity contribution is 0.102. The van der Waals surface area contributed by atoms with Crippen molar-refractivity contribution >= 4 is 11.6 Å². The van der Waals surface area contributed by atoms with Crippen molar-refractivity contribution in [2.45, 2.75) is 19.8 Å². The molecule has 0 saturated carbocycles. The predicted octanol–water partition coefficient (Wildman–Crippen LogP) is 3.88. The summed E-state index contributed by atoms with van der Waals surface area (Å²) in [6.07, 6.45) is 1.63. The topological polar surface area (TPSA) is 57.8 Å². The fourth-order valence-corrected chi connectivity index (χ4v) is 3.16. The zero-order valence-electron chi connectivity index (χ0n) is 13.2. The Labute approximate surface area is 138 Å². The molecule has 1 aliphatic carbocycles. The number of H-pyrrole nitrogens is 1. The molecule has 3 aromatic rings. The number of amides is 1. The maximum absolute atomic E-state index is 13.4. The summed E-state index contributed by atoms with van der Waals surface area (Å²) in [5.74, 6) is -0.673. The average molecular weight is 321 g/mol. The predicted molar refractivity (Wildman–Crippen MR) is 90.5 cm³/mol. The molecule has 0 radical (unpaired) electrons. The van der Waals surface area contributed by atoms with Gasteiger partial charge in [0.2, 0.25) is 0 Å². The summed E-state index contributed by atoms with van der Waals surface area (Å²) in [5, 5.41) is 9.97. The first-order valence-electron chi connectivity index (χ1n) is 7.86. The Morgan fingerprint density at radius 1 is 1.21 bits per heavy atom. The molecule has 4 rings (SSSR count). The number of nitrogens with zero attached hydrogens (tertiary/aromatic N) is 1. The van der Waals surface area contributed by atoms with Crippen molar-refractivity contribution in [1.29, 1.82) is 0 Å². The van der Waals surface area contributed by atoms with Crippen LogP contribution in [0.3, 0.4) is 0 Å². The van der Waals surface area contributed by atoms with Gasteiger partial charge in [-0.05, 0) is 43.0 Å². The van der Waals surface area contributed by atoms with Gasteiger partial charge < -0.3 is 5.32 Å². The number of aromatic amines is 1. The number of hydrogen-bond donors (Lipinski definition) is 2. The molecule has 1 heterocycles. The molecule has 1 amide bonds. The molecule has 0 unspecified atom stereocenters. The van der Waals surface area contributed by atoms with Crippen LogP contribution >= 0.6 is 0 Å². The summed E-state index contributed by atoms with van der Waals surface area (Å²) in [7, 11) is 0. The summed E-state index contributed by atoms with van der Waals surface area (Å²) >= 11 is 0. The van der Waals surface area contributed by atoms with E-state index in [-0.39, 0.29) is 11.7 Å². The maximum Gasteiger partial charge on any atom is 0.273 e. The molecule has 0 aliphatic heterocycles. The van der Waals surface area contributed by atoms with E-state index in [1.165, 1.54) is 17.7 Å². The van der Waals surface area contributed by atoms with E-state index < -0.39 is 0 Å². The van der Waals surface area contributed by atoms with E-state index >= 15 is 0 Å². The Balaban J connectivity index is 1.68. The Morgan fingerprint density at radius 2 is 2.04 bits per heavy atom. The van der Waals surface area contributed by atoms with E-state index in [0.717, 1.165) is 35.2 Å². The maximum atomic E-state index is 13.4. The zero-order valence-corrected chi connectivity index (χ0v) is 13.2. The lowest BCUT2D eigenvalue weighted by atomic mass is 9.89. The minimum atomic E-state index is -0.378. The number of rotatable bonds is 2. The number of aromatic nitrogens is 2. The third-order valence-corrected chi connectivity index (χ3v) is 4.46. The van der Waals surface area contributed by atoms with Gasteiger partial charge in [0.05, 0.1) is 5.69 Å². The van der Waals surface area contributed by atoms with E-state index in [2.05, 4.69) is 21.6 Å². The fraction of sp³-hybridized carbons (Fsp3) is 0.158. The molecule has 0 saturated heterocycles. The van der Waals surface area contributed by atoms with Crippen molar-refractivity contribution in [2.24, 2.45) is 0 Å². The van der Waals surface area contributed by atoms with Gasteiger partial charge in [-0.3, -0.25) is 9.89 Å². The zero-order chi connectivity index (χ0) is 16.7. The minimum absolute atomic E-state index is 0.295. The number of carbonyl (C=O) groups excluding carboxylic acids is 1. The Morgan fingerprint density at radius 3 is 2.92 bits per heavy atom. The van der Waals surface area contributed by atoms with Crippen molar-refractivity contribution in [1.82, 2.24) is 10.2 Å². The molecule has 24 heavy (non-hydrogen) atoms. The van der Waals surface area contributed by atoms with Gasteiger partial charge in [-0.25, -0.2) is 4.39 Å². The van der Waals surface area contributed by atoms with E-state index in [0.29, 0.717) is 11.4 Å². The number of nitrogens with one attached hydrogen (secondary N) is 2. The highest BCUT2D eigenvalue weighted by atomic mass is 19.1. The van der Waals surface area contributed by atoms with Crippen LogP contribution in [-0.4, -0.2) is 16.1 Å². The van der Waals surface area contributed by atoms with Gasteiger partial charge in [-0.1, -0.05) is 30.3 Å². The van der Waals surface area contributed by atoms with Crippen LogP contribution in [0.2, 0.25) is 0 Å². The van der Waals surface area contributed by atoms with Gasteiger partial charge in [-0.2, -0.15) is 5.10 Å². The molecule has 0 atom stereocenters. The average Bonchev–Trinajstić information content (AvgIpc) is 3.03. The summed E-state index contributed by atoms with van der Waals surface area (Å²) in [5.41, 5.74) is 5.78. The highest BCUT2D eigenvalue weighted by molar-refractivity contribution is 6.05. The number of halogens is 1. The number of hydrogen-bond acceptors (Lipinski definition) is 2. The molecule has 1 aromatic heterocycles. The standard InChI is InChI=1S/C19H16FN3O/c1-11-6-8-13(20)10-16(11)21-19(24)18-15-9-7-12-4-2-3-5-14(12)17(15)22-23-18/h2-6,8,10H,7,9H2,1H3,(H,21,24)(H,22,23). The number of benzene rings is 2. The van der Waals surface area contributed by atoms with E-state index in [1.807, 2.05) is 25.1 Å². The molecule has 5 heteroatoms. The number of anilines is 1. The van der Waals surface area contributed by atoms with Gasteiger partial charge in [0.25, 0.3) is 5.91 Å². The summed E-state index contributed by atoms with van der Waals surface area (Å²) in [6.45, 7) is 1.83. The highest BCUT2D eigenvalue weighted by Gasteiger charge is 2.25. The number of carbonyl (C=O) groups is 1. The number of aryl methyl sites for hydroxylation is 2. The molecule has 120 valence electrons. The van der Waals surface area contributed by atoms with Crippen LogP contribution in [-0.2, 0) is 12.8 Å². The second kappa shape index (κ2) is 5.60. The molecular weight excluding hydrogens is 305 g/mol. The van der Waals surface area contributed by atoms with Crippen molar-refractivity contribution in [3.8, 4) is 11.3 Å². The second-order valence-electron chi connectivity index (χ2n) is 6.00. The molecule has 0 spiro atoms. The third-order valence-electron chi connectivity index (χ3n) is 4.46. The van der Waals surface area contributed by atoms with Crippen molar-refractivity contribution in [2.75, 3.05) is 5.32 Å². The van der Waals surface area contributed by atoms with Gasteiger partial charge in [0.15, 0.2) is 0 Å². The largest absolute Gasteiger partial charge is 0.320 e. The first-order chi connectivity index (χ1) is 11.6. The fourth-order valence-electron chi connectivity index (χ4n) is 3.16. The van der Waals surface area contributed by atoms with E-state index in [1.54, 1.807) is 6.07 Å². The number of fused-ring (bicyclic) bond motifs is 3.